The maximum atomic E-state index is 13.0. The second kappa shape index (κ2) is 18.1. The average molecular weight is 602 g/mol. The van der Waals surface area contributed by atoms with Gasteiger partial charge in [0, 0.05) is 18.0 Å². The Balaban J connectivity index is -0.00000289. The van der Waals surface area contributed by atoms with Gasteiger partial charge in [-0.2, -0.15) is 54.0 Å². The van der Waals surface area contributed by atoms with Crippen LogP contribution in [-0.2, 0) is 19.2 Å². The van der Waals surface area contributed by atoms with Gasteiger partial charge in [-0.1, -0.05) is 26.7 Å². The van der Waals surface area contributed by atoms with E-state index in [9.17, 15) is 24.0 Å². The second-order valence-corrected chi connectivity index (χ2v) is 10.6. The molecule has 10 nitrogen and oxygen atoms in total. The lowest BCUT2D eigenvalue weighted by Gasteiger charge is -2.28. The number of urea groups is 1. The quantitative estimate of drug-likeness (QED) is 0.225. The van der Waals surface area contributed by atoms with E-state index in [-0.39, 0.29) is 78.1 Å². The summed E-state index contributed by atoms with van der Waals surface area (Å²) in [6, 6.07) is -2.92. The average Bonchev–Trinajstić information content (AvgIpc) is 3.43. The molecule has 0 spiro atoms. The van der Waals surface area contributed by atoms with Crippen molar-refractivity contribution < 1.29 is 24.0 Å². The molecule has 0 aromatic heterocycles. The molecule has 1 saturated carbocycles. The van der Waals surface area contributed by atoms with Crippen molar-refractivity contribution in [2.75, 3.05) is 6.54 Å². The second-order valence-electron chi connectivity index (χ2n) is 10.6. The fourth-order valence-electron chi connectivity index (χ4n) is 3.84. The van der Waals surface area contributed by atoms with E-state index in [2.05, 4.69) is 26.6 Å². The molecule has 1 aliphatic carbocycles. The molecule has 2 aliphatic rings. The molecule has 14 heteroatoms. The molecule has 0 aromatic carbocycles. The van der Waals surface area contributed by atoms with Crippen molar-refractivity contribution in [3.8, 4) is 0 Å². The number of aldehydes is 1. The molecular weight excluding hydrogens is 555 g/mol. The number of carbonyl (C=O) groups excluding carboxylic acids is 5. The summed E-state index contributed by atoms with van der Waals surface area (Å²) in [5.74, 6) is -1.19. The highest BCUT2D eigenvalue weighted by atomic mass is 32.1. The van der Waals surface area contributed by atoms with Gasteiger partial charge in [-0.15, -0.1) is 0 Å². The molecule has 4 atom stereocenters. The fraction of sp³-hybridized carbons (Fsp3) is 0.783. The topological polar surface area (TPSA) is 146 Å². The van der Waals surface area contributed by atoms with Crippen LogP contribution in [0.25, 0.3) is 0 Å². The Morgan fingerprint density at radius 3 is 1.97 bits per heavy atom. The van der Waals surface area contributed by atoms with Crippen molar-refractivity contribution in [3.05, 3.63) is 0 Å². The van der Waals surface area contributed by atoms with E-state index in [1.54, 1.807) is 0 Å². The van der Waals surface area contributed by atoms with Crippen molar-refractivity contribution in [2.45, 2.75) is 90.4 Å². The van der Waals surface area contributed by atoms with Crippen LogP contribution in [0.3, 0.4) is 0 Å². The first kappa shape index (κ1) is 40.2. The number of carbonyl (C=O) groups is 5. The molecular formula is C23H47N5O5S4. The minimum Gasteiger partial charge on any atom is -0.356 e. The number of rotatable bonds is 11. The van der Waals surface area contributed by atoms with Crippen LogP contribution in [0, 0.1) is 17.8 Å². The lowest BCUT2D eigenvalue weighted by molar-refractivity contribution is -0.131. The zero-order valence-corrected chi connectivity index (χ0v) is 26.3. The van der Waals surface area contributed by atoms with Crippen LogP contribution in [-0.4, -0.2) is 60.2 Å². The standard InChI is InChI=1S/C23H39N5O5.4H2S/c1-13(2)18(27-22(33)28-23(3,4)5)21(32)26-17(10-14-6-7-14)20(31)25-16(12-29)11-15-8-9-24-19(15)30;;;;/h12-18H,6-11H2,1-5H3,(H,24,30)(H,25,31)(H,26,32)(H2,27,28,33);4*1H2/t15-,16-,17-,18-;;;;/m0..../s1. The number of hydrogen-bond acceptors (Lipinski definition) is 5. The molecule has 1 saturated heterocycles. The summed E-state index contributed by atoms with van der Waals surface area (Å²) in [5.41, 5.74) is -0.462. The minimum atomic E-state index is -0.828. The lowest BCUT2D eigenvalue weighted by Crippen LogP contribution is -2.59. The molecule has 2 fully saturated rings. The minimum absolute atomic E-state index is 0. The molecule has 2 rings (SSSR count). The van der Waals surface area contributed by atoms with Gasteiger partial charge < -0.3 is 31.4 Å². The molecule has 0 bridgehead atoms. The van der Waals surface area contributed by atoms with E-state index >= 15 is 0 Å². The number of nitrogens with one attached hydrogen (secondary N) is 5. The number of hydrogen-bond donors (Lipinski definition) is 5. The Kier molecular flexibility index (Phi) is 19.7. The van der Waals surface area contributed by atoms with Gasteiger partial charge in [-0.25, -0.2) is 4.79 Å². The van der Waals surface area contributed by atoms with E-state index in [1.807, 2.05) is 34.6 Å². The summed E-state index contributed by atoms with van der Waals surface area (Å²) in [6.45, 7) is 9.71. The summed E-state index contributed by atoms with van der Waals surface area (Å²) in [7, 11) is 0. The zero-order chi connectivity index (χ0) is 24.8. The summed E-state index contributed by atoms with van der Waals surface area (Å²) >= 11 is 0. The molecule has 1 heterocycles. The molecule has 5 N–H and O–H groups in total. The van der Waals surface area contributed by atoms with Crippen molar-refractivity contribution in [3.63, 3.8) is 0 Å². The van der Waals surface area contributed by atoms with Gasteiger partial charge in [-0.05, 0) is 51.9 Å². The molecule has 218 valence electrons. The van der Waals surface area contributed by atoms with Gasteiger partial charge in [0.15, 0.2) is 0 Å². The molecule has 37 heavy (non-hydrogen) atoms. The van der Waals surface area contributed by atoms with Gasteiger partial charge in [0.2, 0.25) is 17.7 Å². The SMILES string of the molecule is CC(C)[C@H](NC(=O)NC(C)(C)C)C(=O)N[C@@H](CC1CC1)C(=O)N[C@H](C=O)C[C@@H]1CCNC1=O.S.S.S.S. The number of amides is 5. The van der Waals surface area contributed by atoms with E-state index < -0.39 is 41.5 Å². The van der Waals surface area contributed by atoms with E-state index in [4.69, 9.17) is 0 Å². The highest BCUT2D eigenvalue weighted by Gasteiger charge is 2.35. The van der Waals surface area contributed by atoms with Crippen LogP contribution < -0.4 is 26.6 Å². The highest BCUT2D eigenvalue weighted by molar-refractivity contribution is 7.59. The third kappa shape index (κ3) is 14.5. The molecule has 5 amide bonds. The molecule has 0 unspecified atom stereocenters. The first-order chi connectivity index (χ1) is 15.4. The van der Waals surface area contributed by atoms with Gasteiger partial charge in [0.1, 0.15) is 18.4 Å². The predicted octanol–water partition coefficient (Wildman–Crippen LogP) is 1.05. The summed E-state index contributed by atoms with van der Waals surface area (Å²) in [4.78, 5) is 61.7. The first-order valence-corrected chi connectivity index (χ1v) is 11.8. The van der Waals surface area contributed by atoms with Crippen LogP contribution in [0.5, 0.6) is 0 Å². The summed E-state index contributed by atoms with van der Waals surface area (Å²) < 4.78 is 0. The third-order valence-corrected chi connectivity index (χ3v) is 5.82. The van der Waals surface area contributed by atoms with Crippen LogP contribution in [0.15, 0.2) is 0 Å². The van der Waals surface area contributed by atoms with E-state index in [0.717, 1.165) is 12.8 Å². The van der Waals surface area contributed by atoms with Crippen molar-refractivity contribution in [2.24, 2.45) is 17.8 Å². The molecule has 1 aliphatic heterocycles. The Labute approximate surface area is 248 Å². The maximum Gasteiger partial charge on any atom is 0.315 e. The Morgan fingerprint density at radius 2 is 1.54 bits per heavy atom. The molecule has 0 radical (unpaired) electrons. The largest absolute Gasteiger partial charge is 0.356 e. The lowest BCUT2D eigenvalue weighted by atomic mass is 9.98. The van der Waals surface area contributed by atoms with Gasteiger partial charge in [0.25, 0.3) is 0 Å². The van der Waals surface area contributed by atoms with Gasteiger partial charge in [0.05, 0.1) is 6.04 Å². The van der Waals surface area contributed by atoms with Crippen LogP contribution >= 0.6 is 54.0 Å². The van der Waals surface area contributed by atoms with Crippen molar-refractivity contribution in [1.29, 1.82) is 0 Å². The first-order valence-electron chi connectivity index (χ1n) is 11.8. The van der Waals surface area contributed by atoms with Gasteiger partial charge in [-0.3, -0.25) is 14.4 Å². The zero-order valence-electron chi connectivity index (χ0n) is 22.3. The van der Waals surface area contributed by atoms with Crippen molar-refractivity contribution >= 4 is 84.0 Å². The predicted molar refractivity (Wildman–Crippen MR) is 165 cm³/mol. The Hall–Kier alpha value is -1.25. The highest BCUT2D eigenvalue weighted by Crippen LogP contribution is 2.33. The molecule has 0 aromatic rings. The third-order valence-electron chi connectivity index (χ3n) is 5.82. The van der Waals surface area contributed by atoms with Crippen LogP contribution in [0.4, 0.5) is 4.79 Å². The van der Waals surface area contributed by atoms with Crippen LogP contribution in [0.2, 0.25) is 0 Å². The Bertz CT molecular complexity index is 762. The monoisotopic (exact) mass is 601 g/mol. The van der Waals surface area contributed by atoms with E-state index in [1.165, 1.54) is 0 Å². The fourth-order valence-corrected chi connectivity index (χ4v) is 3.84. The van der Waals surface area contributed by atoms with E-state index in [0.29, 0.717) is 31.6 Å². The Morgan fingerprint density at radius 1 is 0.946 bits per heavy atom. The smallest absolute Gasteiger partial charge is 0.315 e. The summed E-state index contributed by atoms with van der Waals surface area (Å²) in [6.07, 6.45) is 3.92. The van der Waals surface area contributed by atoms with Gasteiger partial charge >= 0.3 is 6.03 Å². The summed E-state index contributed by atoms with van der Waals surface area (Å²) in [5, 5.41) is 13.7. The van der Waals surface area contributed by atoms with Crippen LogP contribution in [0.1, 0.15) is 66.7 Å². The van der Waals surface area contributed by atoms with Crippen molar-refractivity contribution in [1.82, 2.24) is 26.6 Å². The normalized spacial score (nSPS) is 18.6. The maximum absolute atomic E-state index is 13.0.